The van der Waals surface area contributed by atoms with Crippen LogP contribution in [0.15, 0.2) is 0 Å². The molecule has 0 heterocycles. The standard InChI is InChI=1S/C9H15N4O4/c10-6(1-2-7(11)15)9(17)13-5(4-14)3-8(12)16/h5-6H,1-3,10H2,(H2,11,15)(H2,12,16)(H,13,17)/t5-,6-/m0/s1. The van der Waals surface area contributed by atoms with Gasteiger partial charge in [-0.15, -0.1) is 0 Å². The lowest BCUT2D eigenvalue weighted by Crippen LogP contribution is -2.47. The Morgan fingerprint density at radius 3 is 2.18 bits per heavy atom. The quantitative estimate of drug-likeness (QED) is 0.358. The van der Waals surface area contributed by atoms with Crippen molar-refractivity contribution in [3.8, 4) is 0 Å². The Morgan fingerprint density at radius 1 is 1.18 bits per heavy atom. The molecule has 1 radical (unpaired) electrons. The van der Waals surface area contributed by atoms with E-state index in [1.165, 1.54) is 6.29 Å². The maximum atomic E-state index is 11.4. The van der Waals surface area contributed by atoms with Crippen LogP contribution in [-0.4, -0.2) is 36.1 Å². The molecule has 0 fully saturated rings. The highest BCUT2D eigenvalue weighted by molar-refractivity contribution is 5.87. The molecule has 7 N–H and O–H groups in total. The second-order valence-electron chi connectivity index (χ2n) is 3.46. The number of nitrogens with two attached hydrogens (primary N) is 3. The van der Waals surface area contributed by atoms with E-state index >= 15 is 0 Å². The number of nitrogens with one attached hydrogen (secondary N) is 1. The van der Waals surface area contributed by atoms with Crippen LogP contribution >= 0.6 is 0 Å². The molecule has 8 heteroatoms. The van der Waals surface area contributed by atoms with Crippen LogP contribution in [0.2, 0.25) is 0 Å². The smallest absolute Gasteiger partial charge is 0.237 e. The van der Waals surface area contributed by atoms with Crippen LogP contribution < -0.4 is 22.5 Å². The van der Waals surface area contributed by atoms with E-state index in [9.17, 15) is 19.2 Å². The minimum atomic E-state index is -1.13. The number of carbonyl (C=O) groups is 3. The lowest BCUT2D eigenvalue weighted by atomic mass is 10.1. The van der Waals surface area contributed by atoms with Gasteiger partial charge in [-0.25, -0.2) is 0 Å². The van der Waals surface area contributed by atoms with Gasteiger partial charge in [-0.1, -0.05) is 0 Å². The molecule has 0 aliphatic heterocycles. The zero-order valence-electron chi connectivity index (χ0n) is 9.14. The molecule has 0 unspecified atom stereocenters. The van der Waals surface area contributed by atoms with Gasteiger partial charge in [-0.05, 0) is 6.42 Å². The first-order valence-corrected chi connectivity index (χ1v) is 4.87. The summed E-state index contributed by atoms with van der Waals surface area (Å²) in [5.74, 6) is -1.99. The lowest BCUT2D eigenvalue weighted by Gasteiger charge is -2.14. The van der Waals surface area contributed by atoms with Crippen molar-refractivity contribution in [2.45, 2.75) is 31.3 Å². The van der Waals surface area contributed by atoms with E-state index in [-0.39, 0.29) is 19.3 Å². The van der Waals surface area contributed by atoms with Gasteiger partial charge in [-0.2, -0.15) is 0 Å². The molecule has 95 valence electrons. The number of primary amides is 2. The molecule has 3 amide bonds. The summed E-state index contributed by atoms with van der Waals surface area (Å²) < 4.78 is 0. The third-order valence-corrected chi connectivity index (χ3v) is 1.90. The summed E-state index contributed by atoms with van der Waals surface area (Å²) in [5.41, 5.74) is 15.2. The molecule has 8 nitrogen and oxygen atoms in total. The number of hydrogen-bond donors (Lipinski definition) is 4. The van der Waals surface area contributed by atoms with Gasteiger partial charge in [0.1, 0.15) is 6.04 Å². The molecule has 0 aromatic carbocycles. The fourth-order valence-corrected chi connectivity index (χ4v) is 1.03. The molecule has 17 heavy (non-hydrogen) atoms. The van der Waals surface area contributed by atoms with Crippen molar-refractivity contribution in [2.24, 2.45) is 17.2 Å². The summed E-state index contributed by atoms with van der Waals surface area (Å²) in [4.78, 5) is 42.8. The number of rotatable bonds is 8. The zero-order valence-corrected chi connectivity index (χ0v) is 9.14. The molecule has 0 rings (SSSR count). The summed E-state index contributed by atoms with van der Waals surface area (Å²) in [6.45, 7) is 0. The summed E-state index contributed by atoms with van der Waals surface area (Å²) in [6.07, 6.45) is 1.12. The Morgan fingerprint density at radius 2 is 1.76 bits per heavy atom. The van der Waals surface area contributed by atoms with E-state index in [1.54, 1.807) is 0 Å². The highest BCUT2D eigenvalue weighted by Gasteiger charge is 2.19. The van der Waals surface area contributed by atoms with E-state index in [0.717, 1.165) is 0 Å². The highest BCUT2D eigenvalue weighted by Crippen LogP contribution is 1.96. The Bertz CT molecular complexity index is 318. The summed E-state index contributed by atoms with van der Waals surface area (Å²) >= 11 is 0. The number of carbonyl (C=O) groups excluding carboxylic acids is 4. The van der Waals surface area contributed by atoms with Crippen molar-refractivity contribution in [2.75, 3.05) is 0 Å². The van der Waals surface area contributed by atoms with Crippen LogP contribution in [0.4, 0.5) is 0 Å². The topological polar surface area (TPSA) is 158 Å². The van der Waals surface area contributed by atoms with Crippen molar-refractivity contribution >= 4 is 24.0 Å². The normalized spacial score (nSPS) is 13.5. The van der Waals surface area contributed by atoms with Gasteiger partial charge >= 0.3 is 0 Å². The maximum Gasteiger partial charge on any atom is 0.237 e. The molecule has 0 saturated carbocycles. The second-order valence-corrected chi connectivity index (χ2v) is 3.46. The summed E-state index contributed by atoms with van der Waals surface area (Å²) in [5, 5.41) is 2.18. The molecular formula is C9H15N4O4. The minimum Gasteiger partial charge on any atom is -0.370 e. The molecule has 0 saturated heterocycles. The van der Waals surface area contributed by atoms with E-state index in [0.29, 0.717) is 0 Å². The van der Waals surface area contributed by atoms with Crippen molar-refractivity contribution in [1.29, 1.82) is 0 Å². The molecule has 2 atom stereocenters. The molecule has 0 bridgehead atoms. The molecule has 0 aromatic heterocycles. The van der Waals surface area contributed by atoms with Gasteiger partial charge in [0.05, 0.1) is 12.5 Å². The van der Waals surface area contributed by atoms with Gasteiger partial charge in [0.25, 0.3) is 0 Å². The Balaban J connectivity index is 4.16. The molecule has 0 spiro atoms. The van der Waals surface area contributed by atoms with Crippen LogP contribution in [0.3, 0.4) is 0 Å². The average molecular weight is 243 g/mol. The summed E-state index contributed by atoms with van der Waals surface area (Å²) in [6, 6.07) is -2.11. The van der Waals surface area contributed by atoms with E-state index in [4.69, 9.17) is 17.2 Å². The first kappa shape index (κ1) is 15.0. The van der Waals surface area contributed by atoms with Crippen LogP contribution in [-0.2, 0) is 19.2 Å². The van der Waals surface area contributed by atoms with Crippen LogP contribution in [0.25, 0.3) is 0 Å². The number of amides is 3. The zero-order chi connectivity index (χ0) is 13.4. The average Bonchev–Trinajstić information content (AvgIpc) is 2.23. The SMILES string of the molecule is NC(=O)CC[C@H](N)C(=O)N[C@H]([C]=O)CC(N)=O. The third kappa shape index (κ3) is 7.01. The molecular weight excluding hydrogens is 228 g/mol. The molecule has 0 aromatic rings. The van der Waals surface area contributed by atoms with Crippen LogP contribution in [0, 0.1) is 0 Å². The van der Waals surface area contributed by atoms with Crippen LogP contribution in [0.5, 0.6) is 0 Å². The van der Waals surface area contributed by atoms with E-state index < -0.39 is 29.8 Å². The van der Waals surface area contributed by atoms with Crippen molar-refractivity contribution in [3.05, 3.63) is 0 Å². The Labute approximate surface area is 97.9 Å². The van der Waals surface area contributed by atoms with Crippen LogP contribution in [0.1, 0.15) is 19.3 Å². The van der Waals surface area contributed by atoms with Gasteiger partial charge in [0.2, 0.25) is 24.0 Å². The summed E-state index contributed by atoms with van der Waals surface area (Å²) in [7, 11) is 0. The van der Waals surface area contributed by atoms with E-state index in [2.05, 4.69) is 5.32 Å². The van der Waals surface area contributed by atoms with Crippen molar-refractivity contribution in [1.82, 2.24) is 5.32 Å². The largest absolute Gasteiger partial charge is 0.370 e. The molecule has 0 aliphatic rings. The Hall–Kier alpha value is -1.96. The van der Waals surface area contributed by atoms with Gasteiger partial charge in [-0.3, -0.25) is 19.2 Å². The monoisotopic (exact) mass is 243 g/mol. The number of hydrogen-bond acceptors (Lipinski definition) is 5. The maximum absolute atomic E-state index is 11.4. The highest BCUT2D eigenvalue weighted by atomic mass is 16.2. The first-order chi connectivity index (χ1) is 7.86. The predicted molar refractivity (Wildman–Crippen MR) is 57.8 cm³/mol. The lowest BCUT2D eigenvalue weighted by molar-refractivity contribution is -0.123. The molecule has 0 aliphatic carbocycles. The van der Waals surface area contributed by atoms with Gasteiger partial charge in [0.15, 0.2) is 0 Å². The van der Waals surface area contributed by atoms with E-state index in [1.807, 2.05) is 0 Å². The van der Waals surface area contributed by atoms with Crippen molar-refractivity contribution in [3.63, 3.8) is 0 Å². The first-order valence-electron chi connectivity index (χ1n) is 4.87. The third-order valence-electron chi connectivity index (χ3n) is 1.90. The second kappa shape index (κ2) is 7.34. The fourth-order valence-electron chi connectivity index (χ4n) is 1.03. The fraction of sp³-hybridized carbons (Fsp3) is 0.556. The predicted octanol–water partition coefficient (Wildman–Crippen LogP) is -2.95. The van der Waals surface area contributed by atoms with Crippen molar-refractivity contribution < 1.29 is 19.2 Å². The van der Waals surface area contributed by atoms with Gasteiger partial charge < -0.3 is 22.5 Å². The minimum absolute atomic E-state index is 0.0418. The Kier molecular flexibility index (Phi) is 6.49. The van der Waals surface area contributed by atoms with Gasteiger partial charge in [0, 0.05) is 6.42 Å².